The van der Waals surface area contributed by atoms with E-state index >= 15 is 0 Å². The van der Waals surface area contributed by atoms with Gasteiger partial charge in [0.15, 0.2) is 0 Å². The number of benzene rings is 1. The van der Waals surface area contributed by atoms with Crippen molar-refractivity contribution in [2.75, 3.05) is 48.0 Å². The van der Waals surface area contributed by atoms with Crippen LogP contribution in [0.4, 0.5) is 4.79 Å². The third-order valence-electron chi connectivity index (χ3n) is 13.2. The van der Waals surface area contributed by atoms with Crippen LogP contribution in [0.3, 0.4) is 0 Å². The Bertz CT molecular complexity index is 2230. The molecule has 3 aliphatic heterocycles. The summed E-state index contributed by atoms with van der Waals surface area (Å²) in [7, 11) is 6.77. The number of carbonyl (C=O) groups excluding carboxylic acids is 3. The summed E-state index contributed by atoms with van der Waals surface area (Å²) in [6, 6.07) is 8.69. The van der Waals surface area contributed by atoms with Crippen LogP contribution in [-0.4, -0.2) is 126 Å². The number of nitrogens with zero attached hydrogens (tertiary/aromatic N) is 6. The number of thiazole rings is 1. The van der Waals surface area contributed by atoms with Crippen molar-refractivity contribution in [1.29, 1.82) is 0 Å². The number of likely N-dealkylation sites (tertiary alicyclic amines) is 1. The minimum Gasteiger partial charge on any atom is -0.380 e. The van der Waals surface area contributed by atoms with E-state index in [1.165, 1.54) is 27.2 Å². The van der Waals surface area contributed by atoms with Gasteiger partial charge >= 0.3 is 6.03 Å². The molecule has 15 heteroatoms. The molecule has 2 fully saturated rings. The topological polar surface area (TPSA) is 143 Å². The molecule has 0 spiro atoms. The van der Waals surface area contributed by atoms with Crippen LogP contribution in [0.1, 0.15) is 89.6 Å². The van der Waals surface area contributed by atoms with Crippen molar-refractivity contribution in [2.45, 2.75) is 123 Å². The lowest BCUT2D eigenvalue weighted by Crippen LogP contribution is -2.64. The van der Waals surface area contributed by atoms with E-state index in [1.807, 2.05) is 38.4 Å². The van der Waals surface area contributed by atoms with Gasteiger partial charge in [0.05, 0.1) is 59.5 Å². The molecule has 3 aliphatic rings. The van der Waals surface area contributed by atoms with Gasteiger partial charge in [-0.2, -0.15) is 0 Å². The minimum atomic E-state index is -0.934. The first-order chi connectivity index (χ1) is 29.7. The molecule has 4 amide bonds. The normalized spacial score (nSPS) is 22.0. The first-order valence-corrected chi connectivity index (χ1v) is 23.1. The second kappa shape index (κ2) is 19.1. The average molecular weight is 871 g/mol. The second-order valence-corrected chi connectivity index (χ2v) is 19.3. The van der Waals surface area contributed by atoms with Crippen LogP contribution in [0.15, 0.2) is 41.9 Å². The van der Waals surface area contributed by atoms with Crippen LogP contribution in [0.25, 0.3) is 33.4 Å². The second-order valence-electron chi connectivity index (χ2n) is 18.4. The molecule has 1 unspecified atom stereocenters. The van der Waals surface area contributed by atoms with E-state index in [9.17, 15) is 14.4 Å². The molecule has 6 heterocycles. The van der Waals surface area contributed by atoms with E-state index in [0.29, 0.717) is 19.6 Å². The Labute approximate surface area is 370 Å². The zero-order valence-corrected chi connectivity index (χ0v) is 39.0. The lowest BCUT2D eigenvalue weighted by Gasteiger charge is -2.42. The number of ether oxygens (including phenoxy) is 3. The number of pyridine rings is 1. The van der Waals surface area contributed by atoms with Crippen molar-refractivity contribution in [3.8, 4) is 22.5 Å². The average Bonchev–Trinajstić information content (AvgIpc) is 3.83. The van der Waals surface area contributed by atoms with Gasteiger partial charge in [0.25, 0.3) is 5.91 Å². The molecule has 2 saturated heterocycles. The van der Waals surface area contributed by atoms with Crippen LogP contribution in [0.5, 0.6) is 0 Å². The van der Waals surface area contributed by atoms with Crippen LogP contribution < -0.4 is 10.7 Å². The van der Waals surface area contributed by atoms with Gasteiger partial charge in [0.1, 0.15) is 12.1 Å². The summed E-state index contributed by atoms with van der Waals surface area (Å²) in [5.41, 5.74) is 10.7. The summed E-state index contributed by atoms with van der Waals surface area (Å²) >= 11 is 1.48. The summed E-state index contributed by atoms with van der Waals surface area (Å²) in [5.74, 6) is -0.840. The van der Waals surface area contributed by atoms with Gasteiger partial charge in [-0.15, -0.1) is 11.3 Å². The maximum absolute atomic E-state index is 14.7. The molecule has 0 saturated carbocycles. The highest BCUT2D eigenvalue weighted by molar-refractivity contribution is 7.10. The highest BCUT2D eigenvalue weighted by Gasteiger charge is 2.40. The number of rotatable bonds is 10. The quantitative estimate of drug-likeness (QED) is 0.175. The number of hydrogen-bond acceptors (Lipinski definition) is 10. The molecule has 14 nitrogen and oxygen atoms in total. The molecule has 5 atom stereocenters. The number of nitrogens with one attached hydrogen (secondary N) is 2. The summed E-state index contributed by atoms with van der Waals surface area (Å²) < 4.78 is 19.9. The molecule has 1 aromatic carbocycles. The number of hydrogen-bond donors (Lipinski definition) is 2. The fourth-order valence-corrected chi connectivity index (χ4v) is 10.5. The van der Waals surface area contributed by atoms with Crippen LogP contribution in [0, 0.1) is 11.3 Å². The number of carbonyl (C=O) groups is 3. The molecule has 4 aromatic rings. The van der Waals surface area contributed by atoms with Crippen LogP contribution >= 0.6 is 11.3 Å². The van der Waals surface area contributed by atoms with Gasteiger partial charge in [-0.3, -0.25) is 19.6 Å². The summed E-state index contributed by atoms with van der Waals surface area (Å²) in [5, 5.41) is 8.72. The number of methoxy groups -OCH3 is 3. The standard InChI is InChI=1S/C47H66N8O6S/c1-11-54-38-17-16-30-22-33(38)34(43(54)32-14-12-20-48-41(32)29(4)59-8)24-47(5,6)19-18-39(61-10)35-15-13-21-55(51-35)45(57)36(23-40-49-37(30)27-62-40)50-44(56)42(28(2)3)52(7)46(58)53-25-31(26-53)60-9/h12,14,16-17,20,22,27-29,31,35-36,39,42,51H,11,13,15,18-19,21,23-26H2,1-10H3,(H,50,56)/t29-,35-,36-,39+,42?/m0/s1. The van der Waals surface area contributed by atoms with Crippen molar-refractivity contribution < 1.29 is 28.6 Å². The number of urea groups is 1. The molecule has 336 valence electrons. The minimum absolute atomic E-state index is 0.0133. The van der Waals surface area contributed by atoms with Crippen molar-refractivity contribution in [2.24, 2.45) is 11.3 Å². The molecular weight excluding hydrogens is 805 g/mol. The first-order valence-electron chi connectivity index (χ1n) is 22.2. The molecule has 2 N–H and O–H groups in total. The van der Waals surface area contributed by atoms with Gasteiger partial charge in [-0.05, 0) is 87.1 Å². The Hall–Kier alpha value is -4.41. The lowest BCUT2D eigenvalue weighted by molar-refractivity contribution is -0.143. The van der Waals surface area contributed by atoms with Gasteiger partial charge in [-0.25, -0.2) is 15.2 Å². The number of aryl methyl sites for hydroxylation is 1. The van der Waals surface area contributed by atoms with E-state index < -0.39 is 12.1 Å². The summed E-state index contributed by atoms with van der Waals surface area (Å²) in [6.07, 6.45) is 5.78. The Morgan fingerprint density at radius 2 is 1.87 bits per heavy atom. The van der Waals surface area contributed by atoms with E-state index in [2.05, 4.69) is 60.3 Å². The largest absolute Gasteiger partial charge is 0.380 e. The fourth-order valence-electron chi connectivity index (χ4n) is 9.65. The highest BCUT2D eigenvalue weighted by Crippen LogP contribution is 2.43. The molecule has 3 aromatic heterocycles. The van der Waals surface area contributed by atoms with Gasteiger partial charge in [0, 0.05) is 81.5 Å². The molecular formula is C47H66N8O6S. The third-order valence-corrected chi connectivity index (χ3v) is 14.1. The summed E-state index contributed by atoms with van der Waals surface area (Å²) in [6.45, 7) is 15.0. The molecule has 6 bridgehead atoms. The number of amides is 4. The van der Waals surface area contributed by atoms with E-state index in [-0.39, 0.29) is 60.0 Å². The van der Waals surface area contributed by atoms with Crippen molar-refractivity contribution >= 4 is 40.1 Å². The number of likely N-dealkylation sites (N-methyl/N-ethyl adjacent to an activating group) is 1. The number of fused-ring (bicyclic) bond motifs is 6. The third kappa shape index (κ3) is 9.28. The van der Waals surface area contributed by atoms with Crippen molar-refractivity contribution in [3.05, 3.63) is 58.2 Å². The number of hydrazine groups is 1. The zero-order valence-electron chi connectivity index (χ0n) is 38.2. The van der Waals surface area contributed by atoms with Crippen LogP contribution in [0.2, 0.25) is 0 Å². The lowest BCUT2D eigenvalue weighted by atomic mass is 9.78. The van der Waals surface area contributed by atoms with E-state index in [4.69, 9.17) is 24.2 Å². The molecule has 0 aliphatic carbocycles. The van der Waals surface area contributed by atoms with Gasteiger partial charge in [0.2, 0.25) is 5.91 Å². The fraction of sp³-hybridized carbons (Fsp3) is 0.596. The van der Waals surface area contributed by atoms with Crippen molar-refractivity contribution in [3.63, 3.8) is 0 Å². The zero-order chi connectivity index (χ0) is 44.5. The Morgan fingerprint density at radius 3 is 2.56 bits per heavy atom. The maximum atomic E-state index is 14.7. The highest BCUT2D eigenvalue weighted by atomic mass is 32.1. The van der Waals surface area contributed by atoms with E-state index in [1.54, 1.807) is 38.3 Å². The van der Waals surface area contributed by atoms with Gasteiger partial charge in [-0.1, -0.05) is 33.8 Å². The van der Waals surface area contributed by atoms with E-state index in [0.717, 1.165) is 77.4 Å². The maximum Gasteiger partial charge on any atom is 0.320 e. The summed E-state index contributed by atoms with van der Waals surface area (Å²) in [4.78, 5) is 55.8. The number of aromatic nitrogens is 3. The van der Waals surface area contributed by atoms with Crippen LogP contribution in [-0.2, 0) is 43.2 Å². The molecule has 0 radical (unpaired) electrons. The first kappa shape index (κ1) is 45.6. The van der Waals surface area contributed by atoms with Crippen molar-refractivity contribution in [1.82, 2.24) is 40.1 Å². The predicted molar refractivity (Wildman–Crippen MR) is 243 cm³/mol. The SMILES string of the molecule is CCn1c(-c2cccnc2[C@H](C)OC)c2c3cc(ccc31)-c1csc(n1)C[C@H](NC(=O)C(C(C)C)N(C)C(=O)N1CC(OC)C1)C(=O)N1CCC[C@H](N1)[C@H](OC)CCC(C)(C)C2. The smallest absolute Gasteiger partial charge is 0.320 e. The monoisotopic (exact) mass is 870 g/mol. The van der Waals surface area contributed by atoms with Gasteiger partial charge < -0.3 is 33.9 Å². The Morgan fingerprint density at radius 1 is 1.10 bits per heavy atom. The predicted octanol–water partition coefficient (Wildman–Crippen LogP) is 6.86. The molecule has 62 heavy (non-hydrogen) atoms. The molecule has 7 rings (SSSR count). The Kier molecular flexibility index (Phi) is 14.1. The Balaban J connectivity index is 1.30.